The van der Waals surface area contributed by atoms with Gasteiger partial charge in [0, 0.05) is 18.3 Å². The molecule has 0 saturated heterocycles. The zero-order valence-corrected chi connectivity index (χ0v) is 12.9. The van der Waals surface area contributed by atoms with Gasteiger partial charge in [-0.2, -0.15) is 0 Å². The molecule has 1 aliphatic carbocycles. The van der Waals surface area contributed by atoms with Crippen molar-refractivity contribution in [3.8, 4) is 0 Å². The lowest BCUT2D eigenvalue weighted by molar-refractivity contribution is 0.462. The highest BCUT2D eigenvalue weighted by Crippen LogP contribution is 2.21. The molecule has 0 amide bonds. The Morgan fingerprint density at radius 2 is 1.90 bits per heavy atom. The molecule has 1 aromatic rings. The monoisotopic (exact) mass is 297 g/mol. The van der Waals surface area contributed by atoms with E-state index in [4.69, 9.17) is 0 Å². The van der Waals surface area contributed by atoms with Crippen LogP contribution in [0.4, 0.5) is 5.82 Å². The highest BCUT2D eigenvalue weighted by atomic mass is 32.2. The Kier molecular flexibility index (Phi) is 4.99. The average Bonchev–Trinajstić information content (AvgIpc) is 2.39. The Morgan fingerprint density at radius 3 is 2.45 bits per heavy atom. The summed E-state index contributed by atoms with van der Waals surface area (Å²) in [5, 5.41) is 3.37. The van der Waals surface area contributed by atoms with Crippen LogP contribution in [0.15, 0.2) is 23.2 Å². The second kappa shape index (κ2) is 6.54. The fourth-order valence-corrected chi connectivity index (χ4v) is 3.65. The van der Waals surface area contributed by atoms with Crippen LogP contribution in [-0.2, 0) is 10.0 Å². The van der Waals surface area contributed by atoms with Crippen LogP contribution in [0.5, 0.6) is 0 Å². The number of hydrogen-bond donors (Lipinski definition) is 2. The lowest BCUT2D eigenvalue weighted by Gasteiger charge is -2.23. The van der Waals surface area contributed by atoms with E-state index in [1.807, 2.05) is 0 Å². The fraction of sp³-hybridized carbons (Fsp3) is 0.643. The van der Waals surface area contributed by atoms with Crippen molar-refractivity contribution in [1.29, 1.82) is 0 Å². The van der Waals surface area contributed by atoms with Crippen molar-refractivity contribution in [2.75, 3.05) is 5.32 Å². The molecule has 0 spiro atoms. The molecule has 2 N–H and O–H groups in total. The van der Waals surface area contributed by atoms with Gasteiger partial charge in [0.25, 0.3) is 0 Å². The number of sulfonamides is 1. The van der Waals surface area contributed by atoms with Gasteiger partial charge in [-0.05, 0) is 38.8 Å². The van der Waals surface area contributed by atoms with Crippen molar-refractivity contribution < 1.29 is 8.42 Å². The van der Waals surface area contributed by atoms with Gasteiger partial charge in [-0.15, -0.1) is 0 Å². The van der Waals surface area contributed by atoms with Gasteiger partial charge in [-0.3, -0.25) is 0 Å². The molecule has 1 saturated carbocycles. The van der Waals surface area contributed by atoms with Crippen molar-refractivity contribution in [1.82, 2.24) is 9.71 Å². The molecule has 6 heteroatoms. The Hall–Kier alpha value is -1.14. The third-order valence-electron chi connectivity index (χ3n) is 3.39. The molecule has 5 nitrogen and oxygen atoms in total. The fourth-order valence-electron chi connectivity index (χ4n) is 2.46. The van der Waals surface area contributed by atoms with E-state index in [0.29, 0.717) is 6.04 Å². The molecule has 1 aromatic heterocycles. The van der Waals surface area contributed by atoms with Gasteiger partial charge in [0.2, 0.25) is 10.0 Å². The van der Waals surface area contributed by atoms with E-state index in [0.717, 1.165) is 18.7 Å². The number of anilines is 1. The molecule has 112 valence electrons. The number of hydrogen-bond acceptors (Lipinski definition) is 4. The summed E-state index contributed by atoms with van der Waals surface area (Å²) in [5.74, 6) is 0.750. The summed E-state index contributed by atoms with van der Waals surface area (Å²) in [5.41, 5.74) is 0. The number of nitrogens with zero attached hydrogens (tertiary/aromatic N) is 1. The Labute approximate surface area is 121 Å². The number of aromatic nitrogens is 1. The predicted molar refractivity (Wildman–Crippen MR) is 80.2 cm³/mol. The van der Waals surface area contributed by atoms with E-state index in [2.05, 4.69) is 15.0 Å². The highest BCUT2D eigenvalue weighted by Gasteiger charge is 2.17. The first-order valence-electron chi connectivity index (χ1n) is 7.22. The van der Waals surface area contributed by atoms with Crippen molar-refractivity contribution in [3.63, 3.8) is 0 Å². The van der Waals surface area contributed by atoms with Crippen LogP contribution in [0.2, 0.25) is 0 Å². The topological polar surface area (TPSA) is 71.1 Å². The first-order chi connectivity index (χ1) is 9.47. The molecule has 0 bridgehead atoms. The largest absolute Gasteiger partial charge is 0.367 e. The molecule has 0 aliphatic heterocycles. The summed E-state index contributed by atoms with van der Waals surface area (Å²) in [6.07, 6.45) is 7.55. The standard InChI is InChI=1S/C14H23N3O2S/c1-11(2)17-20(18,19)13-8-9-14(15-10-13)16-12-6-4-3-5-7-12/h8-12,17H,3-7H2,1-2H3,(H,15,16). The summed E-state index contributed by atoms with van der Waals surface area (Å²) >= 11 is 0. The van der Waals surface area contributed by atoms with Gasteiger partial charge in [-0.1, -0.05) is 19.3 Å². The van der Waals surface area contributed by atoms with Crippen LogP contribution in [0.25, 0.3) is 0 Å². The van der Waals surface area contributed by atoms with Crippen molar-refractivity contribution in [2.24, 2.45) is 0 Å². The Balaban J connectivity index is 2.02. The van der Waals surface area contributed by atoms with Crippen molar-refractivity contribution in [3.05, 3.63) is 18.3 Å². The van der Waals surface area contributed by atoms with Crippen LogP contribution in [0.3, 0.4) is 0 Å². The third kappa shape index (κ3) is 4.18. The third-order valence-corrected chi connectivity index (χ3v) is 5.04. The van der Waals surface area contributed by atoms with Gasteiger partial charge in [-0.25, -0.2) is 18.1 Å². The molecule has 0 atom stereocenters. The highest BCUT2D eigenvalue weighted by molar-refractivity contribution is 7.89. The molecular formula is C14H23N3O2S. The maximum Gasteiger partial charge on any atom is 0.242 e. The van der Waals surface area contributed by atoms with Crippen LogP contribution in [-0.4, -0.2) is 25.5 Å². The molecule has 20 heavy (non-hydrogen) atoms. The summed E-state index contributed by atoms with van der Waals surface area (Å²) in [7, 11) is -3.45. The van der Waals surface area contributed by atoms with Crippen molar-refractivity contribution >= 4 is 15.8 Å². The summed E-state index contributed by atoms with van der Waals surface area (Å²) < 4.78 is 26.5. The molecule has 1 heterocycles. The van der Waals surface area contributed by atoms with E-state index in [-0.39, 0.29) is 10.9 Å². The minimum absolute atomic E-state index is 0.125. The van der Waals surface area contributed by atoms with E-state index in [9.17, 15) is 8.42 Å². The van der Waals surface area contributed by atoms with Gasteiger partial charge < -0.3 is 5.32 Å². The minimum atomic E-state index is -3.45. The molecule has 0 radical (unpaired) electrons. The van der Waals surface area contributed by atoms with Gasteiger partial charge in [0.1, 0.15) is 10.7 Å². The molecular weight excluding hydrogens is 274 g/mol. The lowest BCUT2D eigenvalue weighted by Crippen LogP contribution is -2.30. The van der Waals surface area contributed by atoms with E-state index in [1.54, 1.807) is 26.0 Å². The Morgan fingerprint density at radius 1 is 1.20 bits per heavy atom. The number of pyridine rings is 1. The second-order valence-electron chi connectivity index (χ2n) is 5.63. The van der Waals surface area contributed by atoms with Gasteiger partial charge in [0.05, 0.1) is 0 Å². The minimum Gasteiger partial charge on any atom is -0.367 e. The van der Waals surface area contributed by atoms with E-state index < -0.39 is 10.0 Å². The average molecular weight is 297 g/mol. The molecule has 1 fully saturated rings. The van der Waals surface area contributed by atoms with Gasteiger partial charge in [0.15, 0.2) is 0 Å². The normalized spacial score (nSPS) is 17.4. The summed E-state index contributed by atoms with van der Waals surface area (Å²) in [6, 6.07) is 3.68. The zero-order valence-electron chi connectivity index (χ0n) is 12.1. The first-order valence-corrected chi connectivity index (χ1v) is 8.70. The SMILES string of the molecule is CC(C)NS(=O)(=O)c1ccc(NC2CCCCC2)nc1. The predicted octanol–water partition coefficient (Wildman–Crippen LogP) is 2.51. The smallest absolute Gasteiger partial charge is 0.242 e. The summed E-state index contributed by atoms with van der Waals surface area (Å²) in [6.45, 7) is 3.59. The molecule has 2 rings (SSSR count). The zero-order chi connectivity index (χ0) is 14.6. The molecule has 0 aromatic carbocycles. The Bertz CT molecular complexity index is 520. The van der Waals surface area contributed by atoms with E-state index in [1.165, 1.54) is 25.5 Å². The molecule has 1 aliphatic rings. The van der Waals surface area contributed by atoms with Crippen LogP contribution in [0, 0.1) is 0 Å². The number of nitrogens with one attached hydrogen (secondary N) is 2. The molecule has 0 unspecified atom stereocenters. The maximum absolute atomic E-state index is 12.0. The van der Waals surface area contributed by atoms with Crippen LogP contribution >= 0.6 is 0 Å². The number of rotatable bonds is 5. The van der Waals surface area contributed by atoms with Crippen molar-refractivity contribution in [2.45, 2.75) is 62.9 Å². The quantitative estimate of drug-likeness (QED) is 0.876. The second-order valence-corrected chi connectivity index (χ2v) is 7.35. The summed E-state index contributed by atoms with van der Waals surface area (Å²) in [4.78, 5) is 4.42. The van der Waals surface area contributed by atoms with Gasteiger partial charge >= 0.3 is 0 Å². The maximum atomic E-state index is 12.0. The van der Waals surface area contributed by atoms with Crippen LogP contribution in [0.1, 0.15) is 46.0 Å². The lowest BCUT2D eigenvalue weighted by atomic mass is 9.95. The first kappa shape index (κ1) is 15.3. The van der Waals surface area contributed by atoms with E-state index >= 15 is 0 Å². The van der Waals surface area contributed by atoms with Crippen LogP contribution < -0.4 is 10.0 Å².